The van der Waals surface area contributed by atoms with Crippen molar-refractivity contribution < 1.29 is 4.79 Å². The first kappa shape index (κ1) is 19.5. The van der Waals surface area contributed by atoms with Crippen LogP contribution in [0.4, 0.5) is 17.5 Å². The van der Waals surface area contributed by atoms with E-state index in [-0.39, 0.29) is 11.4 Å². The van der Waals surface area contributed by atoms with Crippen LogP contribution in [0.25, 0.3) is 11.0 Å². The third-order valence-electron chi connectivity index (χ3n) is 7.32. The summed E-state index contributed by atoms with van der Waals surface area (Å²) < 4.78 is 2.19. The Hall–Kier alpha value is -3.16. The van der Waals surface area contributed by atoms with E-state index < -0.39 is 0 Å². The Morgan fingerprint density at radius 2 is 1.78 bits per heavy atom. The molecule has 1 saturated heterocycles. The first-order chi connectivity index (χ1) is 15.7. The predicted molar refractivity (Wildman–Crippen MR) is 125 cm³/mol. The zero-order chi connectivity index (χ0) is 21.5. The summed E-state index contributed by atoms with van der Waals surface area (Å²) in [6.07, 6.45) is 13.3. The number of carbonyl (C=O) groups is 1. The van der Waals surface area contributed by atoms with Crippen molar-refractivity contribution in [1.29, 1.82) is 0 Å². The summed E-state index contributed by atoms with van der Waals surface area (Å²) in [5, 5.41) is 7.27. The normalized spacial score (nSPS) is 20.2. The van der Waals surface area contributed by atoms with Gasteiger partial charge in [0, 0.05) is 31.2 Å². The lowest BCUT2D eigenvalue weighted by atomic mass is 9.80. The highest BCUT2D eigenvalue weighted by atomic mass is 16.2. The molecule has 0 unspecified atom stereocenters. The SMILES string of the molecule is O=C1NCC2(CCCCC2)n2c1cc1cnc(Nc3ccc(N4CCCCC4)cn3)nc12. The highest BCUT2D eigenvalue weighted by Gasteiger charge is 2.41. The van der Waals surface area contributed by atoms with Crippen LogP contribution in [0.1, 0.15) is 61.9 Å². The molecular weight excluding hydrogens is 402 g/mol. The molecule has 3 aliphatic rings. The fourth-order valence-electron chi connectivity index (χ4n) is 5.63. The van der Waals surface area contributed by atoms with Crippen LogP contribution in [-0.4, -0.2) is 45.1 Å². The van der Waals surface area contributed by atoms with Gasteiger partial charge in [-0.15, -0.1) is 0 Å². The average Bonchev–Trinajstić information content (AvgIpc) is 3.24. The van der Waals surface area contributed by atoms with Gasteiger partial charge in [-0.1, -0.05) is 19.3 Å². The van der Waals surface area contributed by atoms with Crippen molar-refractivity contribution >= 4 is 34.4 Å². The lowest BCUT2D eigenvalue weighted by molar-refractivity contribution is 0.0833. The molecule has 0 aromatic carbocycles. The van der Waals surface area contributed by atoms with Gasteiger partial charge in [0.05, 0.1) is 17.4 Å². The van der Waals surface area contributed by atoms with Crippen molar-refractivity contribution in [3.8, 4) is 0 Å². The third kappa shape index (κ3) is 3.29. The highest BCUT2D eigenvalue weighted by molar-refractivity contribution is 5.99. The van der Waals surface area contributed by atoms with E-state index in [1.54, 1.807) is 0 Å². The molecule has 166 valence electrons. The number of anilines is 3. The second kappa shape index (κ2) is 7.76. The minimum Gasteiger partial charge on any atom is -0.370 e. The van der Waals surface area contributed by atoms with Crippen molar-refractivity contribution in [2.45, 2.75) is 56.9 Å². The van der Waals surface area contributed by atoms with Gasteiger partial charge in [-0.3, -0.25) is 4.79 Å². The van der Waals surface area contributed by atoms with Gasteiger partial charge in [-0.25, -0.2) is 9.97 Å². The van der Waals surface area contributed by atoms with E-state index in [2.05, 4.69) is 36.1 Å². The molecule has 0 atom stereocenters. The van der Waals surface area contributed by atoms with Gasteiger partial charge in [-0.05, 0) is 50.3 Å². The summed E-state index contributed by atoms with van der Waals surface area (Å²) in [7, 11) is 0. The Morgan fingerprint density at radius 3 is 2.56 bits per heavy atom. The van der Waals surface area contributed by atoms with Crippen molar-refractivity contribution in [2.75, 3.05) is 29.9 Å². The van der Waals surface area contributed by atoms with Crippen LogP contribution in [0.15, 0.2) is 30.6 Å². The highest BCUT2D eigenvalue weighted by Crippen LogP contribution is 2.40. The van der Waals surface area contributed by atoms with Crippen LogP contribution < -0.4 is 15.5 Å². The van der Waals surface area contributed by atoms with Gasteiger partial charge in [0.15, 0.2) is 0 Å². The van der Waals surface area contributed by atoms with Crippen LogP contribution in [0.5, 0.6) is 0 Å². The van der Waals surface area contributed by atoms with E-state index in [1.807, 2.05) is 24.5 Å². The fourth-order valence-corrected chi connectivity index (χ4v) is 5.63. The molecule has 6 rings (SSSR count). The average molecular weight is 432 g/mol. The standard InChI is InChI=1S/C24H29N7O/c32-22-19-13-17-14-26-23(28-20-8-7-18(15-25-20)30-11-5-2-6-12-30)29-21(17)31(19)24(16-27-22)9-3-1-4-10-24/h7-8,13-15H,1-6,9-12,16H2,(H,27,32)(H,25,26,28,29). The van der Waals surface area contributed by atoms with E-state index in [0.29, 0.717) is 18.2 Å². The number of aromatic nitrogens is 4. The smallest absolute Gasteiger partial charge is 0.268 e. The maximum atomic E-state index is 12.6. The van der Waals surface area contributed by atoms with E-state index >= 15 is 0 Å². The second-order valence-corrected chi connectivity index (χ2v) is 9.38. The minimum absolute atomic E-state index is 0.0244. The van der Waals surface area contributed by atoms with Crippen LogP contribution in [0, 0.1) is 0 Å². The Kier molecular flexibility index (Phi) is 4.73. The van der Waals surface area contributed by atoms with Crippen LogP contribution >= 0.6 is 0 Å². The largest absolute Gasteiger partial charge is 0.370 e. The number of rotatable bonds is 3. The molecule has 2 fully saturated rings. The predicted octanol–water partition coefficient (Wildman–Crippen LogP) is 3.96. The lowest BCUT2D eigenvalue weighted by Crippen LogP contribution is -2.52. The van der Waals surface area contributed by atoms with Gasteiger partial charge in [0.25, 0.3) is 5.91 Å². The quantitative estimate of drug-likeness (QED) is 0.653. The van der Waals surface area contributed by atoms with E-state index in [4.69, 9.17) is 4.98 Å². The molecule has 1 aliphatic carbocycles. The lowest BCUT2D eigenvalue weighted by Gasteiger charge is -2.42. The first-order valence-electron chi connectivity index (χ1n) is 11.9. The Bertz CT molecular complexity index is 1140. The number of fused-ring (bicyclic) bond motifs is 4. The third-order valence-corrected chi connectivity index (χ3v) is 7.32. The van der Waals surface area contributed by atoms with Gasteiger partial charge >= 0.3 is 0 Å². The van der Waals surface area contributed by atoms with Crippen molar-refractivity contribution in [2.24, 2.45) is 0 Å². The van der Waals surface area contributed by atoms with Gasteiger partial charge in [-0.2, -0.15) is 4.98 Å². The van der Waals surface area contributed by atoms with Crippen molar-refractivity contribution in [1.82, 2.24) is 24.8 Å². The summed E-state index contributed by atoms with van der Waals surface area (Å²) in [6, 6.07) is 6.02. The molecule has 32 heavy (non-hydrogen) atoms. The summed E-state index contributed by atoms with van der Waals surface area (Å²) in [5.74, 6) is 1.21. The molecule has 1 spiro atoms. The van der Waals surface area contributed by atoms with Crippen molar-refractivity contribution in [3.63, 3.8) is 0 Å². The number of nitrogens with zero attached hydrogens (tertiary/aromatic N) is 5. The molecule has 1 saturated carbocycles. The molecule has 3 aromatic rings. The molecule has 0 radical (unpaired) electrons. The van der Waals surface area contributed by atoms with E-state index in [9.17, 15) is 4.79 Å². The van der Waals surface area contributed by atoms with Crippen LogP contribution in [0.2, 0.25) is 0 Å². The molecule has 2 N–H and O–H groups in total. The first-order valence-corrected chi connectivity index (χ1v) is 11.9. The van der Waals surface area contributed by atoms with Crippen LogP contribution in [0.3, 0.4) is 0 Å². The number of nitrogens with one attached hydrogen (secondary N) is 2. The van der Waals surface area contributed by atoms with Gasteiger partial charge in [0.2, 0.25) is 5.95 Å². The molecule has 2 aliphatic heterocycles. The van der Waals surface area contributed by atoms with Gasteiger partial charge in [0.1, 0.15) is 17.2 Å². The summed E-state index contributed by atoms with van der Waals surface area (Å²) in [5.41, 5.74) is 2.61. The topological polar surface area (TPSA) is 88.0 Å². The summed E-state index contributed by atoms with van der Waals surface area (Å²) in [6.45, 7) is 2.88. The molecular formula is C24H29N7O. The van der Waals surface area contributed by atoms with Crippen LogP contribution in [-0.2, 0) is 5.54 Å². The number of carbonyl (C=O) groups excluding carboxylic acids is 1. The minimum atomic E-state index is -0.0802. The Balaban J connectivity index is 1.31. The maximum absolute atomic E-state index is 12.6. The Labute approximate surface area is 187 Å². The zero-order valence-electron chi connectivity index (χ0n) is 18.3. The van der Waals surface area contributed by atoms with Crippen molar-refractivity contribution in [3.05, 3.63) is 36.3 Å². The molecule has 8 heteroatoms. The van der Waals surface area contributed by atoms with Gasteiger partial charge < -0.3 is 20.1 Å². The molecule has 0 bridgehead atoms. The molecule has 8 nitrogen and oxygen atoms in total. The number of piperidine rings is 1. The maximum Gasteiger partial charge on any atom is 0.268 e. The Morgan fingerprint density at radius 1 is 0.969 bits per heavy atom. The second-order valence-electron chi connectivity index (χ2n) is 9.38. The zero-order valence-corrected chi connectivity index (χ0v) is 18.3. The van der Waals surface area contributed by atoms with E-state index in [1.165, 1.54) is 38.5 Å². The summed E-state index contributed by atoms with van der Waals surface area (Å²) in [4.78, 5) is 28.9. The molecule has 3 aromatic heterocycles. The fraction of sp³-hybridized carbons (Fsp3) is 0.500. The number of hydrogen-bond acceptors (Lipinski definition) is 6. The number of pyridine rings is 1. The number of amides is 1. The summed E-state index contributed by atoms with van der Waals surface area (Å²) >= 11 is 0. The van der Waals surface area contributed by atoms with E-state index in [0.717, 1.165) is 48.5 Å². The molecule has 5 heterocycles. The molecule has 1 amide bonds. The number of hydrogen-bond donors (Lipinski definition) is 2. The monoisotopic (exact) mass is 431 g/mol.